The van der Waals surface area contributed by atoms with Crippen LogP contribution in [-0.2, 0) is 21.8 Å². The smallest absolute Gasteiger partial charge is 0.304 e. The Labute approximate surface area is 167 Å². The molecule has 28 heavy (non-hydrogen) atoms. The first-order valence-corrected chi connectivity index (χ1v) is 10.2. The Bertz CT molecular complexity index is 913. The second kappa shape index (κ2) is 8.93. The highest BCUT2D eigenvalue weighted by atomic mass is 32.2. The quantitative estimate of drug-likeness (QED) is 0.697. The molecule has 0 unspecified atom stereocenters. The number of fused-ring (bicyclic) bond motifs is 1. The van der Waals surface area contributed by atoms with Gasteiger partial charge >= 0.3 is 5.97 Å². The predicted octanol–water partition coefficient (Wildman–Crippen LogP) is 3.56. The molecule has 2 aromatic carbocycles. The zero-order valence-electron chi connectivity index (χ0n) is 15.6. The lowest BCUT2D eigenvalue weighted by atomic mass is 10.1. The molecule has 2 aromatic rings. The Kier molecular flexibility index (Phi) is 6.36. The second-order valence-corrected chi connectivity index (χ2v) is 7.72. The molecule has 0 bridgehead atoms. The predicted molar refractivity (Wildman–Crippen MR) is 111 cm³/mol. The van der Waals surface area contributed by atoms with Gasteiger partial charge in [-0.15, -0.1) is 0 Å². The average Bonchev–Trinajstić information content (AvgIpc) is 3.09. The number of anilines is 2. The molecular formula is C21H22N2O4S. The summed E-state index contributed by atoms with van der Waals surface area (Å²) in [6.07, 6.45) is 0.888. The second-order valence-electron chi connectivity index (χ2n) is 6.61. The maximum Gasteiger partial charge on any atom is 0.304 e. The SMILES string of the molecule is CC(=O)N1CCc2cc(C(=O)Nc3cccc(CSCCC(=O)O)c3)ccc21. The minimum Gasteiger partial charge on any atom is -0.481 e. The van der Waals surface area contributed by atoms with Crippen LogP contribution in [-0.4, -0.2) is 35.2 Å². The highest BCUT2D eigenvalue weighted by Crippen LogP contribution is 2.29. The molecule has 3 rings (SSSR count). The van der Waals surface area contributed by atoms with Gasteiger partial charge in [0.1, 0.15) is 0 Å². The van der Waals surface area contributed by atoms with E-state index in [0.29, 0.717) is 29.3 Å². The average molecular weight is 398 g/mol. The van der Waals surface area contributed by atoms with Crippen LogP contribution < -0.4 is 10.2 Å². The van der Waals surface area contributed by atoms with Gasteiger partial charge in [-0.25, -0.2) is 0 Å². The number of carboxylic acid groups (broad SMARTS) is 1. The lowest BCUT2D eigenvalue weighted by molar-refractivity contribution is -0.136. The summed E-state index contributed by atoms with van der Waals surface area (Å²) in [5.41, 5.74) is 4.17. The van der Waals surface area contributed by atoms with E-state index in [1.165, 1.54) is 0 Å². The summed E-state index contributed by atoms with van der Waals surface area (Å²) in [4.78, 5) is 36.5. The van der Waals surface area contributed by atoms with Crippen molar-refractivity contribution in [2.24, 2.45) is 0 Å². The molecule has 6 nitrogen and oxygen atoms in total. The Morgan fingerprint density at radius 2 is 2.00 bits per heavy atom. The van der Waals surface area contributed by atoms with Crippen LogP contribution in [0.2, 0.25) is 0 Å². The third kappa shape index (κ3) is 4.92. The first-order valence-electron chi connectivity index (χ1n) is 9.05. The van der Waals surface area contributed by atoms with E-state index >= 15 is 0 Å². The molecule has 0 aliphatic carbocycles. The number of thioether (sulfide) groups is 1. The molecule has 0 saturated heterocycles. The summed E-state index contributed by atoms with van der Waals surface area (Å²) >= 11 is 1.55. The summed E-state index contributed by atoms with van der Waals surface area (Å²) < 4.78 is 0. The van der Waals surface area contributed by atoms with E-state index in [4.69, 9.17) is 5.11 Å². The van der Waals surface area contributed by atoms with E-state index in [1.807, 2.05) is 36.4 Å². The number of aliphatic carboxylic acids is 1. The molecule has 1 aliphatic heterocycles. The zero-order valence-corrected chi connectivity index (χ0v) is 16.4. The van der Waals surface area contributed by atoms with Crippen LogP contribution in [0.4, 0.5) is 11.4 Å². The third-order valence-corrected chi connectivity index (χ3v) is 5.56. The first kappa shape index (κ1) is 19.9. The maximum atomic E-state index is 12.6. The molecule has 7 heteroatoms. The number of hydrogen-bond donors (Lipinski definition) is 2. The van der Waals surface area contributed by atoms with E-state index in [1.54, 1.807) is 29.7 Å². The van der Waals surface area contributed by atoms with Crippen molar-refractivity contribution in [2.75, 3.05) is 22.5 Å². The van der Waals surface area contributed by atoms with Crippen LogP contribution in [0.25, 0.3) is 0 Å². The van der Waals surface area contributed by atoms with E-state index in [2.05, 4.69) is 5.32 Å². The number of carboxylic acids is 1. The van der Waals surface area contributed by atoms with Crippen molar-refractivity contribution in [1.82, 2.24) is 0 Å². The first-order chi connectivity index (χ1) is 13.4. The third-order valence-electron chi connectivity index (χ3n) is 4.53. The number of carbonyl (C=O) groups excluding carboxylic acids is 2. The van der Waals surface area contributed by atoms with Crippen LogP contribution in [0, 0.1) is 0 Å². The normalized spacial score (nSPS) is 12.5. The van der Waals surface area contributed by atoms with Crippen molar-refractivity contribution in [3.63, 3.8) is 0 Å². The molecule has 1 aliphatic rings. The number of carbonyl (C=O) groups is 3. The van der Waals surface area contributed by atoms with Gasteiger partial charge < -0.3 is 15.3 Å². The number of hydrogen-bond acceptors (Lipinski definition) is 4. The number of nitrogens with zero attached hydrogens (tertiary/aromatic N) is 1. The molecule has 146 valence electrons. The number of rotatable bonds is 7. The van der Waals surface area contributed by atoms with E-state index in [-0.39, 0.29) is 18.2 Å². The van der Waals surface area contributed by atoms with Crippen molar-refractivity contribution in [3.8, 4) is 0 Å². The molecule has 0 fully saturated rings. The Morgan fingerprint density at radius 3 is 2.75 bits per heavy atom. The van der Waals surface area contributed by atoms with Crippen LogP contribution in [0.1, 0.15) is 34.8 Å². The molecule has 2 N–H and O–H groups in total. The van der Waals surface area contributed by atoms with Gasteiger partial charge in [0.05, 0.1) is 6.42 Å². The van der Waals surface area contributed by atoms with Crippen LogP contribution in [0.15, 0.2) is 42.5 Å². The summed E-state index contributed by atoms with van der Waals surface area (Å²) in [6.45, 7) is 2.19. The van der Waals surface area contributed by atoms with Gasteiger partial charge in [0.2, 0.25) is 5.91 Å². The minimum absolute atomic E-state index is 0.00833. The molecule has 0 spiro atoms. The number of nitrogens with one attached hydrogen (secondary N) is 1. The Hall–Kier alpha value is -2.80. The van der Waals surface area contributed by atoms with Crippen molar-refractivity contribution in [1.29, 1.82) is 0 Å². The van der Waals surface area contributed by atoms with Crippen molar-refractivity contribution in [3.05, 3.63) is 59.2 Å². The van der Waals surface area contributed by atoms with Gasteiger partial charge in [-0.2, -0.15) is 11.8 Å². The highest BCUT2D eigenvalue weighted by Gasteiger charge is 2.23. The zero-order chi connectivity index (χ0) is 20.1. The van der Waals surface area contributed by atoms with Gasteiger partial charge in [-0.05, 0) is 47.9 Å². The summed E-state index contributed by atoms with van der Waals surface area (Å²) in [6, 6.07) is 13.0. The molecule has 1 heterocycles. The summed E-state index contributed by atoms with van der Waals surface area (Å²) in [7, 11) is 0. The fourth-order valence-corrected chi connectivity index (χ4v) is 4.04. The van der Waals surface area contributed by atoms with Gasteiger partial charge in [0.15, 0.2) is 0 Å². The Balaban J connectivity index is 1.63. The molecular weight excluding hydrogens is 376 g/mol. The summed E-state index contributed by atoms with van der Waals surface area (Å²) in [5, 5.41) is 11.6. The number of benzene rings is 2. The minimum atomic E-state index is -0.797. The van der Waals surface area contributed by atoms with Crippen LogP contribution in [0.5, 0.6) is 0 Å². The number of amides is 2. The van der Waals surface area contributed by atoms with Gasteiger partial charge in [-0.3, -0.25) is 14.4 Å². The highest BCUT2D eigenvalue weighted by molar-refractivity contribution is 7.98. The molecule has 0 saturated carbocycles. The maximum absolute atomic E-state index is 12.6. The van der Waals surface area contributed by atoms with Crippen molar-refractivity contribution >= 4 is 40.9 Å². The fraction of sp³-hybridized carbons (Fsp3) is 0.286. The van der Waals surface area contributed by atoms with Gasteiger partial charge in [0, 0.05) is 41.9 Å². The summed E-state index contributed by atoms with van der Waals surface area (Å²) in [5.74, 6) is 0.262. The van der Waals surface area contributed by atoms with Gasteiger partial charge in [0.25, 0.3) is 5.91 Å². The van der Waals surface area contributed by atoms with Crippen LogP contribution in [0.3, 0.4) is 0 Å². The monoisotopic (exact) mass is 398 g/mol. The van der Waals surface area contributed by atoms with Crippen LogP contribution >= 0.6 is 11.8 Å². The standard InChI is InChI=1S/C21H22N2O4S/c1-14(24)23-9-7-16-12-17(5-6-19(16)23)21(27)22-18-4-2-3-15(11-18)13-28-10-8-20(25)26/h2-6,11-12H,7-10,13H2,1H3,(H,22,27)(H,25,26). The van der Waals surface area contributed by atoms with E-state index < -0.39 is 5.97 Å². The van der Waals surface area contributed by atoms with E-state index in [0.717, 1.165) is 23.2 Å². The lowest BCUT2D eigenvalue weighted by Gasteiger charge is -2.15. The fourth-order valence-electron chi connectivity index (χ4n) is 3.16. The molecule has 0 aromatic heterocycles. The largest absolute Gasteiger partial charge is 0.481 e. The lowest BCUT2D eigenvalue weighted by Crippen LogP contribution is -2.25. The molecule has 0 atom stereocenters. The van der Waals surface area contributed by atoms with E-state index in [9.17, 15) is 14.4 Å². The molecule has 0 radical (unpaired) electrons. The Morgan fingerprint density at radius 1 is 1.18 bits per heavy atom. The van der Waals surface area contributed by atoms with Crippen molar-refractivity contribution in [2.45, 2.75) is 25.5 Å². The van der Waals surface area contributed by atoms with Crippen molar-refractivity contribution < 1.29 is 19.5 Å². The van der Waals surface area contributed by atoms with Gasteiger partial charge in [-0.1, -0.05) is 12.1 Å². The topological polar surface area (TPSA) is 86.7 Å². The molecule has 2 amide bonds.